The minimum Gasteiger partial charge on any atom is -0.382 e. The van der Waals surface area contributed by atoms with E-state index in [0.717, 1.165) is 12.1 Å². The van der Waals surface area contributed by atoms with Gasteiger partial charge in [-0.3, -0.25) is 9.59 Å². The molecule has 8 heteroatoms. The third kappa shape index (κ3) is 5.72. The Morgan fingerprint density at radius 2 is 2.04 bits per heavy atom. The molecule has 1 aromatic rings. The Labute approximate surface area is 152 Å². The topological polar surface area (TPSA) is 83.0 Å². The second kappa shape index (κ2) is 8.82. The molecule has 7 nitrogen and oxygen atoms in total. The van der Waals surface area contributed by atoms with Crippen LogP contribution in [0, 0.1) is 0 Å². The number of hydrogen-bond acceptors (Lipinski definition) is 5. The van der Waals surface area contributed by atoms with Crippen molar-refractivity contribution in [1.29, 1.82) is 0 Å². The first kappa shape index (κ1) is 19.2. The lowest BCUT2D eigenvalue weighted by Gasteiger charge is -2.17. The van der Waals surface area contributed by atoms with Gasteiger partial charge in [-0.15, -0.1) is 0 Å². The van der Waals surface area contributed by atoms with Crippen LogP contribution in [0.1, 0.15) is 18.9 Å². The summed E-state index contributed by atoms with van der Waals surface area (Å²) >= 11 is 5.86. The zero-order chi connectivity index (χ0) is 18.4. The number of likely N-dealkylation sites (N-methyl/N-ethyl adjacent to an activating group) is 1. The van der Waals surface area contributed by atoms with Crippen LogP contribution in [-0.2, 0) is 14.4 Å². The highest BCUT2D eigenvalue weighted by atomic mass is 35.5. The van der Waals surface area contributed by atoms with Gasteiger partial charge in [-0.25, -0.2) is 0 Å². The number of rotatable bonds is 7. The third-order valence-electron chi connectivity index (χ3n) is 3.75. The highest BCUT2D eigenvalue weighted by Crippen LogP contribution is 2.18. The van der Waals surface area contributed by atoms with Crippen LogP contribution in [0.2, 0.25) is 5.02 Å². The molecule has 25 heavy (non-hydrogen) atoms. The minimum absolute atomic E-state index is 0.230. The molecule has 0 aromatic heterocycles. The molecule has 1 aliphatic heterocycles. The summed E-state index contributed by atoms with van der Waals surface area (Å²) in [5.41, 5.74) is 1.54. The summed E-state index contributed by atoms with van der Waals surface area (Å²) in [5, 5.41) is 10.0. The summed E-state index contributed by atoms with van der Waals surface area (Å²) < 4.78 is 0. The first-order valence-corrected chi connectivity index (χ1v) is 8.46. The maximum atomic E-state index is 12.3. The van der Waals surface area contributed by atoms with Gasteiger partial charge in [0, 0.05) is 24.5 Å². The van der Waals surface area contributed by atoms with Gasteiger partial charge in [0.05, 0.1) is 5.71 Å². The molecular formula is C17H23ClN4O3. The standard InChI is InChI=1S/C17H23ClN4O3/c1-11(16(23)19-8-9-22(2)3)20-17(24)15-10-14(21-25-15)12-4-6-13(18)7-5-12/h4-7,11,15H,8-10H2,1-3H3,(H,19,23)(H,20,24)/t11-,15-/m0/s1. The maximum absolute atomic E-state index is 12.3. The Morgan fingerprint density at radius 1 is 1.36 bits per heavy atom. The van der Waals surface area contributed by atoms with Crippen molar-refractivity contribution in [2.75, 3.05) is 27.2 Å². The van der Waals surface area contributed by atoms with Crippen molar-refractivity contribution in [1.82, 2.24) is 15.5 Å². The molecule has 1 aromatic carbocycles. The number of carbonyl (C=O) groups excluding carboxylic acids is 2. The van der Waals surface area contributed by atoms with Crippen LogP contribution < -0.4 is 10.6 Å². The number of halogens is 1. The molecule has 0 fully saturated rings. The van der Waals surface area contributed by atoms with Gasteiger partial charge in [-0.05, 0) is 38.7 Å². The van der Waals surface area contributed by atoms with Crippen molar-refractivity contribution in [3.05, 3.63) is 34.9 Å². The van der Waals surface area contributed by atoms with Gasteiger partial charge < -0.3 is 20.4 Å². The Bertz CT molecular complexity index is 646. The minimum atomic E-state index is -0.734. The lowest BCUT2D eigenvalue weighted by Crippen LogP contribution is -2.49. The molecule has 0 saturated carbocycles. The van der Waals surface area contributed by atoms with Gasteiger partial charge >= 0.3 is 0 Å². The first-order chi connectivity index (χ1) is 11.9. The summed E-state index contributed by atoms with van der Waals surface area (Å²) in [6.07, 6.45) is -0.384. The highest BCUT2D eigenvalue weighted by molar-refractivity contribution is 6.30. The Kier molecular flexibility index (Phi) is 6.78. The summed E-state index contributed by atoms with van der Waals surface area (Å²) in [7, 11) is 3.85. The first-order valence-electron chi connectivity index (χ1n) is 8.08. The SMILES string of the molecule is C[C@H](NC(=O)[C@@H]1CC(c2ccc(Cl)cc2)=NO1)C(=O)NCCN(C)C. The van der Waals surface area contributed by atoms with E-state index in [1.807, 2.05) is 31.1 Å². The normalized spacial score (nSPS) is 17.6. The van der Waals surface area contributed by atoms with Crippen LogP contribution in [0.4, 0.5) is 0 Å². The molecule has 0 bridgehead atoms. The highest BCUT2D eigenvalue weighted by Gasteiger charge is 2.30. The van der Waals surface area contributed by atoms with Crippen LogP contribution in [0.15, 0.2) is 29.4 Å². The Morgan fingerprint density at radius 3 is 2.68 bits per heavy atom. The quantitative estimate of drug-likeness (QED) is 0.754. The number of carbonyl (C=O) groups is 2. The van der Waals surface area contributed by atoms with E-state index in [4.69, 9.17) is 16.4 Å². The fourth-order valence-electron chi connectivity index (χ4n) is 2.26. The van der Waals surface area contributed by atoms with Gasteiger partial charge in [0.2, 0.25) is 12.0 Å². The van der Waals surface area contributed by atoms with Crippen LogP contribution in [0.5, 0.6) is 0 Å². The smallest absolute Gasteiger partial charge is 0.264 e. The van der Waals surface area contributed by atoms with Crippen molar-refractivity contribution >= 4 is 29.1 Å². The number of amides is 2. The van der Waals surface area contributed by atoms with Crippen molar-refractivity contribution in [2.45, 2.75) is 25.5 Å². The molecule has 2 amide bonds. The molecule has 2 N–H and O–H groups in total. The second-order valence-electron chi connectivity index (χ2n) is 6.17. The fourth-order valence-corrected chi connectivity index (χ4v) is 2.38. The van der Waals surface area contributed by atoms with E-state index in [1.165, 1.54) is 0 Å². The molecule has 2 rings (SSSR count). The van der Waals surface area contributed by atoms with Gasteiger partial charge in [-0.1, -0.05) is 28.9 Å². The molecule has 0 aliphatic carbocycles. The molecule has 0 unspecified atom stereocenters. The molecule has 1 heterocycles. The van der Waals surface area contributed by atoms with Crippen LogP contribution in [-0.4, -0.2) is 61.8 Å². The van der Waals surface area contributed by atoms with E-state index in [9.17, 15) is 9.59 Å². The molecule has 0 saturated heterocycles. The van der Waals surface area contributed by atoms with Crippen molar-refractivity contribution in [3.8, 4) is 0 Å². The largest absolute Gasteiger partial charge is 0.382 e. The summed E-state index contributed by atoms with van der Waals surface area (Å²) in [6, 6.07) is 6.52. The molecule has 1 aliphatic rings. The fraction of sp³-hybridized carbons (Fsp3) is 0.471. The molecule has 136 valence electrons. The third-order valence-corrected chi connectivity index (χ3v) is 4.00. The van der Waals surface area contributed by atoms with Crippen LogP contribution in [0.25, 0.3) is 0 Å². The molecule has 0 spiro atoms. The zero-order valence-corrected chi connectivity index (χ0v) is 15.3. The predicted molar refractivity (Wildman–Crippen MR) is 96.6 cm³/mol. The van der Waals surface area contributed by atoms with Gasteiger partial charge in [0.1, 0.15) is 6.04 Å². The van der Waals surface area contributed by atoms with E-state index < -0.39 is 12.1 Å². The van der Waals surface area contributed by atoms with E-state index >= 15 is 0 Å². The van der Waals surface area contributed by atoms with Crippen molar-refractivity contribution < 1.29 is 14.4 Å². The van der Waals surface area contributed by atoms with Crippen molar-refractivity contribution in [2.24, 2.45) is 5.16 Å². The number of oxime groups is 1. The predicted octanol–water partition coefficient (Wildman–Crippen LogP) is 1.02. The average molecular weight is 367 g/mol. The van der Waals surface area contributed by atoms with E-state index in [2.05, 4.69) is 15.8 Å². The summed E-state index contributed by atoms with van der Waals surface area (Å²) in [4.78, 5) is 31.4. The molecule has 2 atom stereocenters. The van der Waals surface area contributed by atoms with Crippen LogP contribution in [0.3, 0.4) is 0 Å². The van der Waals surface area contributed by atoms with E-state index in [-0.39, 0.29) is 11.8 Å². The Balaban J connectivity index is 1.80. The molecular weight excluding hydrogens is 344 g/mol. The van der Waals surface area contributed by atoms with E-state index in [0.29, 0.717) is 23.7 Å². The van der Waals surface area contributed by atoms with Crippen molar-refractivity contribution in [3.63, 3.8) is 0 Å². The second-order valence-corrected chi connectivity index (χ2v) is 6.60. The number of nitrogens with one attached hydrogen (secondary N) is 2. The average Bonchev–Trinajstić information content (AvgIpc) is 3.05. The maximum Gasteiger partial charge on any atom is 0.264 e. The van der Waals surface area contributed by atoms with E-state index in [1.54, 1.807) is 19.1 Å². The van der Waals surface area contributed by atoms with Gasteiger partial charge in [0.15, 0.2) is 0 Å². The number of nitrogens with zero attached hydrogens (tertiary/aromatic N) is 2. The zero-order valence-electron chi connectivity index (χ0n) is 14.6. The Hall–Kier alpha value is -2.12. The van der Waals surface area contributed by atoms with Gasteiger partial charge in [0.25, 0.3) is 5.91 Å². The lowest BCUT2D eigenvalue weighted by molar-refractivity contribution is -0.135. The summed E-state index contributed by atoms with van der Waals surface area (Å²) in [5.74, 6) is -0.588. The monoisotopic (exact) mass is 366 g/mol. The lowest BCUT2D eigenvalue weighted by atomic mass is 10.0. The molecule has 0 radical (unpaired) electrons. The van der Waals surface area contributed by atoms with Gasteiger partial charge in [-0.2, -0.15) is 0 Å². The number of hydrogen-bond donors (Lipinski definition) is 2. The van der Waals surface area contributed by atoms with Crippen LogP contribution >= 0.6 is 11.6 Å². The summed E-state index contributed by atoms with van der Waals surface area (Å²) in [6.45, 7) is 2.89. The number of benzene rings is 1.